The van der Waals surface area contributed by atoms with Crippen LogP contribution in [0.25, 0.3) is 0 Å². The van der Waals surface area contributed by atoms with E-state index in [-0.39, 0.29) is 38.1 Å². The Balaban J connectivity index is 1.59. The predicted octanol–water partition coefficient (Wildman–Crippen LogP) is 6.51. The fourth-order valence-electron chi connectivity index (χ4n) is 6.48. The number of rotatable bonds is 17. The number of nitrogens with zero attached hydrogens (tertiary/aromatic N) is 3. The zero-order valence-electron chi connectivity index (χ0n) is 30.4. The van der Waals surface area contributed by atoms with Gasteiger partial charge >= 0.3 is 5.69 Å². The first-order valence-electron chi connectivity index (χ1n) is 17.3. The van der Waals surface area contributed by atoms with E-state index >= 15 is 0 Å². The van der Waals surface area contributed by atoms with Gasteiger partial charge in [-0.25, -0.2) is 9.46 Å². The van der Waals surface area contributed by atoms with E-state index in [1.807, 2.05) is 78.9 Å². The number of nitriles is 1. The van der Waals surface area contributed by atoms with Gasteiger partial charge in [-0.05, 0) is 68.7 Å². The summed E-state index contributed by atoms with van der Waals surface area (Å²) in [5, 5.41) is 9.27. The normalized spacial score (nSPS) is 18.1. The van der Waals surface area contributed by atoms with E-state index < -0.39 is 43.8 Å². The number of methoxy groups -OCH3 is 2. The number of H-pyrrole nitrogens is 1. The Labute approximate surface area is 305 Å². The summed E-state index contributed by atoms with van der Waals surface area (Å²) in [4.78, 5) is 27.2. The molecule has 1 aliphatic rings. The van der Waals surface area contributed by atoms with Gasteiger partial charge in [-0.2, -0.15) is 5.26 Å². The summed E-state index contributed by atoms with van der Waals surface area (Å²) in [6.45, 7) is 8.51. The molecule has 0 saturated carbocycles. The third-order valence-corrected chi connectivity index (χ3v) is 11.0. The van der Waals surface area contributed by atoms with Crippen LogP contribution >= 0.6 is 8.53 Å². The van der Waals surface area contributed by atoms with E-state index in [9.17, 15) is 14.9 Å². The van der Waals surface area contributed by atoms with Crippen LogP contribution in [-0.4, -0.2) is 65.9 Å². The molecule has 3 aromatic carbocycles. The molecule has 2 unspecified atom stereocenters. The van der Waals surface area contributed by atoms with Gasteiger partial charge in [0.25, 0.3) is 14.1 Å². The van der Waals surface area contributed by atoms with Crippen LogP contribution in [0.15, 0.2) is 101 Å². The average Bonchev–Trinajstić information content (AvgIpc) is 3.54. The highest BCUT2D eigenvalue weighted by atomic mass is 31.2. The van der Waals surface area contributed by atoms with Crippen molar-refractivity contribution < 1.29 is 28.0 Å². The Bertz CT molecular complexity index is 1820. The minimum absolute atomic E-state index is 0.0386. The average molecular weight is 731 g/mol. The zero-order chi connectivity index (χ0) is 37.3. The van der Waals surface area contributed by atoms with Crippen LogP contribution in [0.2, 0.25) is 0 Å². The van der Waals surface area contributed by atoms with Crippen molar-refractivity contribution in [2.45, 2.75) is 76.7 Å². The number of ether oxygens (including phenoxy) is 4. The number of hydrogen-bond donors (Lipinski definition) is 1. The minimum atomic E-state index is -1.66. The molecular weight excluding hydrogens is 683 g/mol. The Morgan fingerprint density at radius 2 is 1.48 bits per heavy atom. The topological polar surface area (TPSA) is 137 Å². The van der Waals surface area contributed by atoms with Crippen molar-refractivity contribution >= 4 is 8.53 Å². The summed E-state index contributed by atoms with van der Waals surface area (Å²) in [6, 6.07) is 29.0. The molecule has 1 fully saturated rings. The maximum absolute atomic E-state index is 13.0. The Morgan fingerprint density at radius 3 is 2.00 bits per heavy atom. The van der Waals surface area contributed by atoms with Crippen LogP contribution in [0.1, 0.15) is 63.5 Å². The molecule has 12 nitrogen and oxygen atoms in total. The molecule has 276 valence electrons. The predicted molar refractivity (Wildman–Crippen MR) is 198 cm³/mol. The van der Waals surface area contributed by atoms with E-state index in [1.54, 1.807) is 14.2 Å². The lowest BCUT2D eigenvalue weighted by Gasteiger charge is -2.39. The highest BCUT2D eigenvalue weighted by molar-refractivity contribution is 7.44. The molecule has 52 heavy (non-hydrogen) atoms. The number of aromatic nitrogens is 2. The third-order valence-electron chi connectivity index (χ3n) is 8.87. The maximum atomic E-state index is 13.0. The lowest BCUT2D eigenvalue weighted by Crippen LogP contribution is -2.39. The molecule has 4 atom stereocenters. The highest BCUT2D eigenvalue weighted by Crippen LogP contribution is 2.50. The van der Waals surface area contributed by atoms with Crippen molar-refractivity contribution in [2.24, 2.45) is 0 Å². The second-order valence-corrected chi connectivity index (χ2v) is 14.3. The molecule has 0 amide bonds. The lowest BCUT2D eigenvalue weighted by molar-refractivity contribution is -0.0925. The summed E-state index contributed by atoms with van der Waals surface area (Å²) < 4.78 is 41.4. The Kier molecular flexibility index (Phi) is 13.4. The number of benzene rings is 3. The van der Waals surface area contributed by atoms with Crippen LogP contribution < -0.4 is 20.7 Å². The highest BCUT2D eigenvalue weighted by Gasteiger charge is 2.45. The van der Waals surface area contributed by atoms with E-state index in [1.165, 1.54) is 16.8 Å². The largest absolute Gasteiger partial charge is 0.497 e. The summed E-state index contributed by atoms with van der Waals surface area (Å²) in [7, 11) is 1.59. The van der Waals surface area contributed by atoms with Crippen molar-refractivity contribution in [1.29, 1.82) is 5.26 Å². The molecule has 4 aromatic rings. The lowest BCUT2D eigenvalue weighted by atomic mass is 9.80. The van der Waals surface area contributed by atoms with Crippen molar-refractivity contribution in [3.8, 4) is 17.6 Å². The van der Waals surface area contributed by atoms with Gasteiger partial charge in [0.15, 0.2) is 0 Å². The summed E-state index contributed by atoms with van der Waals surface area (Å²) in [6.07, 6.45) is -0.146. The first-order valence-corrected chi connectivity index (χ1v) is 18.4. The van der Waals surface area contributed by atoms with Gasteiger partial charge in [0.1, 0.15) is 29.4 Å². The third kappa shape index (κ3) is 8.81. The molecule has 1 aliphatic heterocycles. The van der Waals surface area contributed by atoms with E-state index in [0.29, 0.717) is 11.5 Å². The summed E-state index contributed by atoms with van der Waals surface area (Å²) in [5.74, 6) is 1.40. The fourth-order valence-corrected chi connectivity index (χ4v) is 8.24. The number of nitrogens with one attached hydrogen (secondary N) is 1. The van der Waals surface area contributed by atoms with Gasteiger partial charge in [0.2, 0.25) is 0 Å². The van der Waals surface area contributed by atoms with Gasteiger partial charge < -0.3 is 28.0 Å². The molecule has 13 heteroatoms. The number of aromatic amines is 1. The van der Waals surface area contributed by atoms with Gasteiger partial charge in [-0.15, -0.1) is 0 Å². The second-order valence-electron chi connectivity index (χ2n) is 12.9. The molecule has 5 rings (SSSR count). The quantitative estimate of drug-likeness (QED) is 0.0727. The molecule has 0 radical (unpaired) electrons. The van der Waals surface area contributed by atoms with Gasteiger partial charge in [0, 0.05) is 30.8 Å². The first kappa shape index (κ1) is 38.9. The smallest absolute Gasteiger partial charge is 0.330 e. The van der Waals surface area contributed by atoms with Crippen LogP contribution in [0.5, 0.6) is 11.5 Å². The van der Waals surface area contributed by atoms with Crippen molar-refractivity contribution in [3.05, 3.63) is 129 Å². The van der Waals surface area contributed by atoms with Crippen LogP contribution in [0.4, 0.5) is 0 Å². The monoisotopic (exact) mass is 730 g/mol. The van der Waals surface area contributed by atoms with E-state index in [2.05, 4.69) is 43.4 Å². The summed E-state index contributed by atoms with van der Waals surface area (Å²) >= 11 is 0. The van der Waals surface area contributed by atoms with Gasteiger partial charge in [-0.3, -0.25) is 14.3 Å². The molecule has 0 spiro atoms. The first-order chi connectivity index (χ1) is 25.1. The van der Waals surface area contributed by atoms with Crippen molar-refractivity contribution in [3.63, 3.8) is 0 Å². The van der Waals surface area contributed by atoms with E-state index in [4.69, 9.17) is 28.0 Å². The van der Waals surface area contributed by atoms with Gasteiger partial charge in [0.05, 0.1) is 46.0 Å². The Morgan fingerprint density at radius 1 is 0.904 bits per heavy atom. The zero-order valence-corrected chi connectivity index (χ0v) is 31.3. The molecule has 1 aromatic heterocycles. The minimum Gasteiger partial charge on any atom is -0.497 e. The van der Waals surface area contributed by atoms with Gasteiger partial charge in [-0.1, -0.05) is 54.6 Å². The SMILES string of the molecule is COc1ccc(C(OC[C@H]2O[C@@H](n3ccc(=O)[nH]c3=O)CC2OP(OCCC#N)N(C(C)C)C(C)C)(c2ccccc2)c2ccc(OC)cc2)cc1. The van der Waals surface area contributed by atoms with Crippen molar-refractivity contribution in [1.82, 2.24) is 14.2 Å². The maximum Gasteiger partial charge on any atom is 0.330 e. The fraction of sp³-hybridized carbons (Fsp3) is 0.410. The molecule has 2 heterocycles. The van der Waals surface area contributed by atoms with Crippen LogP contribution in [0.3, 0.4) is 0 Å². The standard InChI is InChI=1S/C39H47N4O8P/c1-27(2)43(28(3)4)52(49-24-10-22-40)51-34-25-37(42-23-21-36(44)41-38(42)45)50-35(34)26-48-39(29-11-8-7-9-12-29,30-13-17-32(46-5)18-14-30)31-15-19-33(47-6)20-16-31/h7-9,11-21,23,27-28,34-35,37H,10,24-26H2,1-6H3,(H,41,44,45)/t34?,35-,37-,52?/m1/s1. The molecule has 1 saturated heterocycles. The summed E-state index contributed by atoms with van der Waals surface area (Å²) in [5.41, 5.74) is 0.352. The Hall–Kier alpha value is -4.34. The van der Waals surface area contributed by atoms with Crippen molar-refractivity contribution in [2.75, 3.05) is 27.4 Å². The molecule has 0 aliphatic carbocycles. The second kappa shape index (κ2) is 17.9. The van der Waals surface area contributed by atoms with Crippen LogP contribution in [-0.2, 0) is 24.1 Å². The molecule has 1 N–H and O–H groups in total. The van der Waals surface area contributed by atoms with Crippen LogP contribution in [0, 0.1) is 11.3 Å². The number of hydrogen-bond acceptors (Lipinski definition) is 10. The molecular formula is C39H47N4O8P. The molecule has 0 bridgehead atoms. The van der Waals surface area contributed by atoms with E-state index in [0.717, 1.165) is 16.7 Å².